The van der Waals surface area contributed by atoms with E-state index in [2.05, 4.69) is 49.8 Å². The molecule has 1 heterocycles. The fourth-order valence-corrected chi connectivity index (χ4v) is 2.41. The van der Waals surface area contributed by atoms with Crippen LogP contribution in [0.2, 0.25) is 19.0 Å². The number of para-hydroxylation sites is 1. The Morgan fingerprint density at radius 3 is 1.89 bits per heavy atom. The molecule has 0 aromatic heterocycles. The first-order valence-corrected chi connectivity index (χ1v) is 6.94. The lowest BCUT2D eigenvalue weighted by Crippen LogP contribution is -2.61. The quantitative estimate of drug-likeness (QED) is 0.758. The molecule has 0 unspecified atom stereocenters. The van der Waals surface area contributed by atoms with Crippen LogP contribution in [0.25, 0.3) is 0 Å². The molecule has 1 aliphatic heterocycles. The standard InChI is InChI=1S/C12H20B3NO2/c1-4-13-16(12-10-8-7-9-11-12)14(5-2)18-15(6-3)17-13/h7-11H,4-6H2,1-3H3. The van der Waals surface area contributed by atoms with Gasteiger partial charge in [0.15, 0.2) is 0 Å². The van der Waals surface area contributed by atoms with E-state index >= 15 is 0 Å². The molecule has 2 rings (SSSR count). The molecule has 94 valence electrons. The second-order valence-corrected chi connectivity index (χ2v) is 4.58. The van der Waals surface area contributed by atoms with Gasteiger partial charge in [-0.15, -0.1) is 0 Å². The maximum absolute atomic E-state index is 5.99. The molecule has 0 saturated carbocycles. The van der Waals surface area contributed by atoms with Crippen molar-refractivity contribution in [1.29, 1.82) is 0 Å². The van der Waals surface area contributed by atoms with Crippen molar-refractivity contribution in [3.05, 3.63) is 30.3 Å². The lowest BCUT2D eigenvalue weighted by Gasteiger charge is -2.42. The maximum atomic E-state index is 5.99. The third kappa shape index (κ3) is 2.75. The van der Waals surface area contributed by atoms with Crippen LogP contribution >= 0.6 is 0 Å². The van der Waals surface area contributed by atoms with Crippen LogP contribution in [0.4, 0.5) is 5.69 Å². The van der Waals surface area contributed by atoms with Crippen molar-refractivity contribution < 1.29 is 9.14 Å². The summed E-state index contributed by atoms with van der Waals surface area (Å²) in [5.74, 6) is 0. The summed E-state index contributed by atoms with van der Waals surface area (Å²) in [5, 5.41) is 0. The molecule has 1 saturated heterocycles. The molecule has 1 aliphatic rings. The summed E-state index contributed by atoms with van der Waals surface area (Å²) in [6.07, 6.45) is 2.83. The van der Waals surface area contributed by atoms with E-state index < -0.39 is 0 Å². The molecule has 0 amide bonds. The average molecular weight is 243 g/mol. The van der Waals surface area contributed by atoms with E-state index in [0.717, 1.165) is 19.0 Å². The minimum atomic E-state index is -0.0696. The monoisotopic (exact) mass is 243 g/mol. The molecule has 0 atom stereocenters. The number of hydrogen-bond acceptors (Lipinski definition) is 3. The summed E-state index contributed by atoms with van der Waals surface area (Å²) >= 11 is 0. The first-order valence-electron chi connectivity index (χ1n) is 6.94. The van der Waals surface area contributed by atoms with Crippen LogP contribution in [0.15, 0.2) is 30.3 Å². The average Bonchev–Trinajstić information content (AvgIpc) is 2.46. The minimum Gasteiger partial charge on any atom is -0.458 e. The highest BCUT2D eigenvalue weighted by molar-refractivity contribution is 6.86. The van der Waals surface area contributed by atoms with E-state index in [-0.39, 0.29) is 21.2 Å². The van der Waals surface area contributed by atoms with Crippen molar-refractivity contribution in [1.82, 2.24) is 0 Å². The fraction of sp³-hybridized carbons (Fsp3) is 0.500. The largest absolute Gasteiger partial charge is 0.458 e. The predicted molar refractivity (Wildman–Crippen MR) is 79.8 cm³/mol. The van der Waals surface area contributed by atoms with Gasteiger partial charge in [-0.25, -0.2) is 0 Å². The number of hydrogen-bond donors (Lipinski definition) is 0. The first-order chi connectivity index (χ1) is 8.80. The van der Waals surface area contributed by atoms with Gasteiger partial charge in [0, 0.05) is 5.69 Å². The SMILES string of the molecule is CCB1OB(CC)N(c2ccccc2)B(CC)O1. The maximum Gasteiger partial charge on any atom is 0.428 e. The van der Waals surface area contributed by atoms with Crippen molar-refractivity contribution in [3.63, 3.8) is 0 Å². The smallest absolute Gasteiger partial charge is 0.428 e. The van der Waals surface area contributed by atoms with Crippen molar-refractivity contribution in [2.24, 2.45) is 0 Å². The summed E-state index contributed by atoms with van der Waals surface area (Å²) in [5.41, 5.74) is 1.17. The zero-order chi connectivity index (χ0) is 13.0. The third-order valence-corrected chi connectivity index (χ3v) is 3.32. The van der Waals surface area contributed by atoms with Crippen molar-refractivity contribution in [2.75, 3.05) is 4.72 Å². The summed E-state index contributed by atoms with van der Waals surface area (Å²) in [6.45, 7) is 6.42. The van der Waals surface area contributed by atoms with Crippen LogP contribution in [0.5, 0.6) is 0 Å². The number of anilines is 1. The molecule has 0 radical (unpaired) electrons. The van der Waals surface area contributed by atoms with E-state index in [1.54, 1.807) is 0 Å². The van der Waals surface area contributed by atoms with Crippen LogP contribution in [-0.4, -0.2) is 21.2 Å². The molecule has 0 aliphatic carbocycles. The molecular weight excluding hydrogens is 223 g/mol. The molecule has 1 aromatic rings. The minimum absolute atomic E-state index is 0.0696. The number of rotatable bonds is 4. The van der Waals surface area contributed by atoms with E-state index in [9.17, 15) is 0 Å². The Kier molecular flexibility index (Phi) is 4.78. The normalized spacial score (nSPS) is 16.4. The molecule has 0 spiro atoms. The molecule has 1 aromatic carbocycles. The fourth-order valence-electron chi connectivity index (χ4n) is 2.41. The molecule has 18 heavy (non-hydrogen) atoms. The highest BCUT2D eigenvalue weighted by Gasteiger charge is 2.42. The van der Waals surface area contributed by atoms with Gasteiger partial charge < -0.3 is 13.9 Å². The molecule has 6 heteroatoms. The Bertz CT molecular complexity index is 352. The number of benzene rings is 1. The predicted octanol–water partition coefficient (Wildman–Crippen LogP) is 3.06. The van der Waals surface area contributed by atoms with Crippen LogP contribution in [0.1, 0.15) is 20.8 Å². The summed E-state index contributed by atoms with van der Waals surface area (Å²) in [4.78, 5) is 0. The Morgan fingerprint density at radius 1 is 0.889 bits per heavy atom. The highest BCUT2D eigenvalue weighted by Crippen LogP contribution is 2.26. The molecular formula is C12H20B3NO2. The van der Waals surface area contributed by atoms with Gasteiger partial charge in [-0.2, -0.15) is 0 Å². The summed E-state index contributed by atoms with van der Waals surface area (Å²) in [6, 6.07) is 10.4. The Balaban J connectivity index is 2.24. The van der Waals surface area contributed by atoms with Gasteiger partial charge >= 0.3 is 21.2 Å². The lowest BCUT2D eigenvalue weighted by atomic mass is 9.55. The topological polar surface area (TPSA) is 21.7 Å². The zero-order valence-corrected chi connectivity index (χ0v) is 11.5. The van der Waals surface area contributed by atoms with Crippen molar-refractivity contribution >= 4 is 26.9 Å². The Labute approximate surface area is 111 Å². The molecule has 0 bridgehead atoms. The second kappa shape index (κ2) is 6.34. The van der Waals surface area contributed by atoms with Crippen molar-refractivity contribution in [3.8, 4) is 0 Å². The third-order valence-electron chi connectivity index (χ3n) is 3.32. The van der Waals surface area contributed by atoms with Crippen molar-refractivity contribution in [2.45, 2.75) is 39.7 Å². The van der Waals surface area contributed by atoms with Crippen LogP contribution < -0.4 is 4.72 Å². The number of nitrogens with zero attached hydrogens (tertiary/aromatic N) is 1. The van der Waals surface area contributed by atoms with Gasteiger partial charge in [-0.3, -0.25) is 0 Å². The van der Waals surface area contributed by atoms with E-state index in [1.807, 2.05) is 6.07 Å². The molecule has 0 N–H and O–H groups in total. The first kappa shape index (κ1) is 13.6. The van der Waals surface area contributed by atoms with Gasteiger partial charge in [0.1, 0.15) is 0 Å². The zero-order valence-electron chi connectivity index (χ0n) is 11.5. The van der Waals surface area contributed by atoms with E-state index in [1.165, 1.54) is 5.69 Å². The lowest BCUT2D eigenvalue weighted by molar-refractivity contribution is 0.409. The van der Waals surface area contributed by atoms with Crippen LogP contribution in [-0.2, 0) is 9.14 Å². The Morgan fingerprint density at radius 2 is 1.44 bits per heavy atom. The molecule has 1 fully saturated rings. The van der Waals surface area contributed by atoms with Crippen LogP contribution in [0.3, 0.4) is 0 Å². The Hall–Kier alpha value is -0.865. The molecule has 3 nitrogen and oxygen atoms in total. The van der Waals surface area contributed by atoms with E-state index in [0.29, 0.717) is 0 Å². The van der Waals surface area contributed by atoms with Gasteiger partial charge in [0.25, 0.3) is 0 Å². The van der Waals surface area contributed by atoms with Gasteiger partial charge in [-0.1, -0.05) is 39.0 Å². The van der Waals surface area contributed by atoms with Gasteiger partial charge in [-0.05, 0) is 31.1 Å². The van der Waals surface area contributed by atoms with Crippen LogP contribution in [0, 0.1) is 0 Å². The summed E-state index contributed by atoms with van der Waals surface area (Å²) in [7, 11) is 0.145. The van der Waals surface area contributed by atoms with Gasteiger partial charge in [0.05, 0.1) is 0 Å². The van der Waals surface area contributed by atoms with E-state index in [4.69, 9.17) is 9.14 Å². The summed E-state index contributed by atoms with van der Waals surface area (Å²) < 4.78 is 14.2. The van der Waals surface area contributed by atoms with Gasteiger partial charge in [0.2, 0.25) is 0 Å². The second-order valence-electron chi connectivity index (χ2n) is 4.58. The highest BCUT2D eigenvalue weighted by atomic mass is 16.6.